The molecule has 0 saturated heterocycles. The Morgan fingerprint density at radius 2 is 0.600 bits per heavy atom. The fourth-order valence-electron chi connectivity index (χ4n) is 7.15. The molecule has 0 spiro atoms. The number of carbonyl (C=O) groups is 3. The number of rotatable bonds is 46. The zero-order valence-corrected chi connectivity index (χ0v) is 39.7. The van der Waals surface area contributed by atoms with Crippen LogP contribution < -0.4 is 0 Å². The first-order chi connectivity index (χ1) is 29.5. The predicted octanol–water partition coefficient (Wildman–Crippen LogP) is 16.7. The standard InChI is InChI=1S/C54H96O6/c1-4-7-10-13-16-18-20-22-24-26-27-28-30-31-33-35-38-41-44-47-53(56)59-50-51(49-58-52(55)46-43-40-37-15-12-9-6-3)60-54(57)48-45-42-39-36-34-32-29-25-23-21-19-17-14-11-8-5-2/h16,18,22,24-25,27-29,51H,4-15,17,19-21,23,26,30-50H2,1-3H3/b18-16-,24-22-,28-27-,29-25-. The summed E-state index contributed by atoms with van der Waals surface area (Å²) in [4.78, 5) is 37.8. The fraction of sp³-hybridized carbons (Fsp3) is 0.796. The van der Waals surface area contributed by atoms with Gasteiger partial charge in [-0.05, 0) is 83.5 Å². The van der Waals surface area contributed by atoms with E-state index < -0.39 is 6.10 Å². The quantitative estimate of drug-likeness (QED) is 0.0263. The number of hydrogen-bond donors (Lipinski definition) is 0. The molecule has 348 valence electrons. The second-order valence-corrected chi connectivity index (χ2v) is 17.1. The minimum Gasteiger partial charge on any atom is -0.462 e. The third-order valence-electron chi connectivity index (χ3n) is 11.1. The van der Waals surface area contributed by atoms with Crippen LogP contribution >= 0.6 is 0 Å². The zero-order chi connectivity index (χ0) is 43.7. The summed E-state index contributed by atoms with van der Waals surface area (Å²) in [7, 11) is 0. The van der Waals surface area contributed by atoms with Crippen LogP contribution in [-0.4, -0.2) is 37.2 Å². The Balaban J connectivity index is 4.28. The molecule has 1 atom stereocenters. The van der Waals surface area contributed by atoms with E-state index in [4.69, 9.17) is 14.2 Å². The van der Waals surface area contributed by atoms with Crippen molar-refractivity contribution >= 4 is 17.9 Å². The first-order valence-corrected chi connectivity index (χ1v) is 25.6. The third kappa shape index (κ3) is 46.4. The van der Waals surface area contributed by atoms with Crippen LogP contribution in [0.1, 0.15) is 258 Å². The molecule has 0 aromatic rings. The Labute approximate surface area is 371 Å². The van der Waals surface area contributed by atoms with E-state index in [1.165, 1.54) is 128 Å². The molecule has 0 aliphatic carbocycles. The van der Waals surface area contributed by atoms with Gasteiger partial charge in [0, 0.05) is 19.3 Å². The smallest absolute Gasteiger partial charge is 0.306 e. The summed E-state index contributed by atoms with van der Waals surface area (Å²) >= 11 is 0. The van der Waals surface area contributed by atoms with Gasteiger partial charge in [-0.1, -0.05) is 204 Å². The molecule has 6 nitrogen and oxygen atoms in total. The topological polar surface area (TPSA) is 78.9 Å². The van der Waals surface area contributed by atoms with E-state index in [0.717, 1.165) is 89.9 Å². The number of carbonyl (C=O) groups excluding carboxylic acids is 3. The van der Waals surface area contributed by atoms with Gasteiger partial charge in [-0.15, -0.1) is 0 Å². The molecule has 0 aliphatic rings. The first-order valence-electron chi connectivity index (χ1n) is 25.6. The van der Waals surface area contributed by atoms with Crippen molar-refractivity contribution in [2.45, 2.75) is 264 Å². The summed E-state index contributed by atoms with van der Waals surface area (Å²) in [6.07, 6.45) is 58.2. The lowest BCUT2D eigenvalue weighted by atomic mass is 10.1. The van der Waals surface area contributed by atoms with Gasteiger partial charge in [0.25, 0.3) is 0 Å². The van der Waals surface area contributed by atoms with E-state index in [2.05, 4.69) is 69.4 Å². The highest BCUT2D eigenvalue weighted by molar-refractivity contribution is 5.71. The van der Waals surface area contributed by atoms with Gasteiger partial charge in [-0.3, -0.25) is 14.4 Å². The molecule has 0 bridgehead atoms. The Hall–Kier alpha value is -2.63. The Bertz CT molecular complexity index is 1060. The highest BCUT2D eigenvalue weighted by Crippen LogP contribution is 2.14. The maximum absolute atomic E-state index is 12.7. The van der Waals surface area contributed by atoms with Gasteiger partial charge in [0.1, 0.15) is 13.2 Å². The minimum absolute atomic E-state index is 0.0798. The highest BCUT2D eigenvalue weighted by atomic mass is 16.6. The molecule has 0 fully saturated rings. The third-order valence-corrected chi connectivity index (χ3v) is 11.1. The predicted molar refractivity (Wildman–Crippen MR) is 256 cm³/mol. The van der Waals surface area contributed by atoms with E-state index in [9.17, 15) is 14.4 Å². The molecule has 60 heavy (non-hydrogen) atoms. The van der Waals surface area contributed by atoms with Crippen molar-refractivity contribution in [2.75, 3.05) is 13.2 Å². The molecule has 0 saturated carbocycles. The molecule has 6 heteroatoms. The summed E-state index contributed by atoms with van der Waals surface area (Å²) in [5.74, 6) is -0.903. The zero-order valence-electron chi connectivity index (χ0n) is 39.7. The van der Waals surface area contributed by atoms with E-state index in [-0.39, 0.29) is 31.1 Å². The lowest BCUT2D eigenvalue weighted by molar-refractivity contribution is -0.167. The van der Waals surface area contributed by atoms with E-state index >= 15 is 0 Å². The monoisotopic (exact) mass is 841 g/mol. The second-order valence-electron chi connectivity index (χ2n) is 17.1. The van der Waals surface area contributed by atoms with Gasteiger partial charge in [-0.2, -0.15) is 0 Å². The van der Waals surface area contributed by atoms with Crippen molar-refractivity contribution in [3.63, 3.8) is 0 Å². The number of esters is 3. The SMILES string of the molecule is CCCCC/C=C\C/C=C\C/C=C\CCCCCCCCC(=O)OCC(COC(=O)CCCCCCCCC)OC(=O)CCCCCCC/C=C\CCCCCCCCC. The van der Waals surface area contributed by atoms with Crippen LogP contribution in [0, 0.1) is 0 Å². The minimum atomic E-state index is -0.778. The summed E-state index contributed by atoms with van der Waals surface area (Å²) in [6, 6.07) is 0. The van der Waals surface area contributed by atoms with Gasteiger partial charge in [-0.25, -0.2) is 0 Å². The maximum atomic E-state index is 12.7. The molecule has 1 unspecified atom stereocenters. The lowest BCUT2D eigenvalue weighted by Gasteiger charge is -2.18. The van der Waals surface area contributed by atoms with Gasteiger partial charge >= 0.3 is 17.9 Å². The van der Waals surface area contributed by atoms with Gasteiger partial charge in [0.15, 0.2) is 6.10 Å². The summed E-state index contributed by atoms with van der Waals surface area (Å²) in [5, 5.41) is 0. The molecular formula is C54H96O6. The normalized spacial score (nSPS) is 12.4. The van der Waals surface area contributed by atoms with Gasteiger partial charge < -0.3 is 14.2 Å². The first kappa shape index (κ1) is 57.4. The van der Waals surface area contributed by atoms with Crippen molar-refractivity contribution in [3.8, 4) is 0 Å². The molecular weight excluding hydrogens is 745 g/mol. The van der Waals surface area contributed by atoms with E-state index in [1.807, 2.05) is 0 Å². The number of ether oxygens (including phenoxy) is 3. The maximum Gasteiger partial charge on any atom is 0.306 e. The average molecular weight is 841 g/mol. The van der Waals surface area contributed by atoms with Crippen LogP contribution in [0.5, 0.6) is 0 Å². The van der Waals surface area contributed by atoms with Crippen molar-refractivity contribution in [1.82, 2.24) is 0 Å². The molecule has 0 radical (unpaired) electrons. The van der Waals surface area contributed by atoms with Crippen molar-refractivity contribution in [3.05, 3.63) is 48.6 Å². The molecule has 0 heterocycles. The molecule has 0 N–H and O–H groups in total. The van der Waals surface area contributed by atoms with E-state index in [1.54, 1.807) is 0 Å². The van der Waals surface area contributed by atoms with Crippen LogP contribution in [0.25, 0.3) is 0 Å². The Morgan fingerprint density at radius 3 is 0.983 bits per heavy atom. The van der Waals surface area contributed by atoms with Crippen molar-refractivity contribution in [1.29, 1.82) is 0 Å². The number of hydrogen-bond acceptors (Lipinski definition) is 6. The molecule has 0 aromatic heterocycles. The average Bonchev–Trinajstić information content (AvgIpc) is 3.24. The summed E-state index contributed by atoms with van der Waals surface area (Å²) in [6.45, 7) is 6.56. The van der Waals surface area contributed by atoms with Gasteiger partial charge in [0.2, 0.25) is 0 Å². The summed E-state index contributed by atoms with van der Waals surface area (Å²) in [5.41, 5.74) is 0. The molecule has 0 aromatic carbocycles. The van der Waals surface area contributed by atoms with Crippen LogP contribution in [0.15, 0.2) is 48.6 Å². The van der Waals surface area contributed by atoms with Crippen LogP contribution in [0.4, 0.5) is 0 Å². The van der Waals surface area contributed by atoms with Crippen LogP contribution in [0.3, 0.4) is 0 Å². The highest BCUT2D eigenvalue weighted by Gasteiger charge is 2.19. The molecule has 0 amide bonds. The fourth-order valence-corrected chi connectivity index (χ4v) is 7.15. The Morgan fingerprint density at radius 1 is 0.333 bits per heavy atom. The van der Waals surface area contributed by atoms with Crippen molar-refractivity contribution in [2.24, 2.45) is 0 Å². The summed E-state index contributed by atoms with van der Waals surface area (Å²) < 4.78 is 16.7. The largest absolute Gasteiger partial charge is 0.462 e. The molecule has 0 rings (SSSR count). The Kier molecular flexibility index (Phi) is 46.9. The lowest BCUT2D eigenvalue weighted by Crippen LogP contribution is -2.30. The van der Waals surface area contributed by atoms with Gasteiger partial charge in [0.05, 0.1) is 0 Å². The van der Waals surface area contributed by atoms with Crippen LogP contribution in [0.2, 0.25) is 0 Å². The van der Waals surface area contributed by atoms with Crippen LogP contribution in [-0.2, 0) is 28.6 Å². The number of unbranched alkanes of at least 4 members (excludes halogenated alkanes) is 27. The second kappa shape index (κ2) is 49.0. The van der Waals surface area contributed by atoms with E-state index in [0.29, 0.717) is 19.3 Å². The van der Waals surface area contributed by atoms with Crippen molar-refractivity contribution < 1.29 is 28.6 Å². The molecule has 0 aliphatic heterocycles. The number of allylic oxidation sites excluding steroid dienone is 8.